The number of amides is 1. The zero-order valence-electron chi connectivity index (χ0n) is 15.9. The Kier molecular flexibility index (Phi) is 5.95. The summed E-state index contributed by atoms with van der Waals surface area (Å²) >= 11 is 7.84. The molecule has 146 valence electrons. The number of rotatable bonds is 5. The molecule has 2 heterocycles. The number of thiazole rings is 1. The number of likely N-dealkylation sites (tertiary alicyclic amines) is 1. The third kappa shape index (κ3) is 4.37. The molecule has 4 rings (SSSR count). The van der Waals surface area contributed by atoms with E-state index < -0.39 is 0 Å². The van der Waals surface area contributed by atoms with Crippen molar-refractivity contribution in [1.82, 2.24) is 15.2 Å². The van der Waals surface area contributed by atoms with Crippen LogP contribution < -0.4 is 5.32 Å². The number of carbonyl (C=O) groups is 1. The number of para-hydroxylation sites is 1. The Morgan fingerprint density at radius 1 is 1.25 bits per heavy atom. The molecule has 28 heavy (non-hydrogen) atoms. The first kappa shape index (κ1) is 19.4. The van der Waals surface area contributed by atoms with Crippen LogP contribution in [-0.4, -0.2) is 35.4 Å². The summed E-state index contributed by atoms with van der Waals surface area (Å²) in [6, 6.07) is 16.1. The minimum absolute atomic E-state index is 0.0861. The maximum Gasteiger partial charge on any atom is 0.236 e. The van der Waals surface area contributed by atoms with Gasteiger partial charge in [0, 0.05) is 30.1 Å². The third-order valence-corrected chi connectivity index (χ3v) is 6.85. The smallest absolute Gasteiger partial charge is 0.236 e. The topological polar surface area (TPSA) is 45.2 Å². The van der Waals surface area contributed by atoms with Gasteiger partial charge in [-0.2, -0.15) is 0 Å². The second kappa shape index (κ2) is 8.60. The van der Waals surface area contributed by atoms with Gasteiger partial charge in [-0.1, -0.05) is 35.9 Å². The Morgan fingerprint density at radius 2 is 2.04 bits per heavy atom. The molecule has 6 heteroatoms. The molecule has 0 bridgehead atoms. The van der Waals surface area contributed by atoms with Gasteiger partial charge < -0.3 is 10.2 Å². The van der Waals surface area contributed by atoms with E-state index in [1.165, 1.54) is 9.71 Å². The number of carbonyl (C=O) groups excluding carboxylic acids is 1. The molecule has 4 nitrogen and oxygen atoms in total. The number of aromatic nitrogens is 1. The summed E-state index contributed by atoms with van der Waals surface area (Å²) in [6.07, 6.45) is 1.96. The fraction of sp³-hybridized carbons (Fsp3) is 0.364. The van der Waals surface area contributed by atoms with Crippen molar-refractivity contribution in [3.63, 3.8) is 0 Å². The van der Waals surface area contributed by atoms with E-state index >= 15 is 0 Å². The van der Waals surface area contributed by atoms with Crippen LogP contribution in [0.25, 0.3) is 10.2 Å². The van der Waals surface area contributed by atoms with Crippen LogP contribution >= 0.6 is 22.9 Å². The van der Waals surface area contributed by atoms with Gasteiger partial charge in [0.05, 0.1) is 21.8 Å². The quantitative estimate of drug-likeness (QED) is 0.639. The molecule has 1 fully saturated rings. The monoisotopic (exact) mass is 413 g/mol. The van der Waals surface area contributed by atoms with E-state index in [0.717, 1.165) is 42.0 Å². The van der Waals surface area contributed by atoms with Crippen LogP contribution in [0.2, 0.25) is 5.02 Å². The maximum atomic E-state index is 12.6. The minimum atomic E-state index is 0.0861. The zero-order chi connectivity index (χ0) is 19.5. The molecule has 1 N–H and O–H groups in total. The van der Waals surface area contributed by atoms with E-state index in [1.54, 1.807) is 11.3 Å². The van der Waals surface area contributed by atoms with E-state index in [-0.39, 0.29) is 11.9 Å². The molecule has 1 aliphatic heterocycles. The zero-order valence-corrected chi connectivity index (χ0v) is 17.5. The van der Waals surface area contributed by atoms with E-state index in [2.05, 4.69) is 30.4 Å². The average Bonchev–Trinajstić information content (AvgIpc) is 3.16. The van der Waals surface area contributed by atoms with Gasteiger partial charge in [0.1, 0.15) is 0 Å². The third-order valence-electron chi connectivity index (χ3n) is 5.42. The van der Waals surface area contributed by atoms with Gasteiger partial charge in [0.15, 0.2) is 0 Å². The molecule has 1 aliphatic rings. The highest BCUT2D eigenvalue weighted by atomic mass is 35.5. The molecule has 2 aromatic carbocycles. The summed E-state index contributed by atoms with van der Waals surface area (Å²) in [4.78, 5) is 19.4. The van der Waals surface area contributed by atoms with Gasteiger partial charge in [0.2, 0.25) is 5.91 Å². The van der Waals surface area contributed by atoms with E-state index in [1.807, 2.05) is 35.2 Å². The van der Waals surface area contributed by atoms with Crippen LogP contribution in [0.5, 0.6) is 0 Å². The Bertz CT molecular complexity index is 932. The lowest BCUT2D eigenvalue weighted by atomic mass is 9.97. The fourth-order valence-corrected chi connectivity index (χ4v) is 5.02. The van der Waals surface area contributed by atoms with Gasteiger partial charge in [-0.25, -0.2) is 4.98 Å². The predicted molar refractivity (Wildman–Crippen MR) is 116 cm³/mol. The van der Waals surface area contributed by atoms with Crippen molar-refractivity contribution in [2.75, 3.05) is 19.6 Å². The van der Waals surface area contributed by atoms with E-state index in [4.69, 9.17) is 16.6 Å². The number of hydrogen-bond acceptors (Lipinski definition) is 4. The molecule has 0 aliphatic carbocycles. The molecule has 0 saturated carbocycles. The number of hydrogen-bond donors (Lipinski definition) is 1. The average molecular weight is 414 g/mol. The predicted octanol–water partition coefficient (Wildman–Crippen LogP) is 5.01. The highest BCUT2D eigenvalue weighted by Crippen LogP contribution is 2.33. The van der Waals surface area contributed by atoms with Crippen molar-refractivity contribution in [3.8, 4) is 0 Å². The summed E-state index contributed by atoms with van der Waals surface area (Å²) < 4.78 is 1.25. The first-order chi connectivity index (χ1) is 13.6. The summed E-state index contributed by atoms with van der Waals surface area (Å²) in [5.74, 6) is 0.622. The standard InChI is InChI=1S/C22H24ClN3OS/c1-15(17-5-4-6-18(23)13-17)24-14-21(27)26-11-9-16(10-12-26)22-25-19-7-2-3-8-20(19)28-22/h2-8,13,15-16,24H,9-12,14H2,1H3/t15-/m0/s1. The van der Waals surface area contributed by atoms with Crippen LogP contribution in [-0.2, 0) is 4.79 Å². The fourth-order valence-electron chi connectivity index (χ4n) is 3.69. The van der Waals surface area contributed by atoms with Crippen molar-refractivity contribution in [2.45, 2.75) is 31.7 Å². The number of nitrogens with one attached hydrogen (secondary N) is 1. The molecule has 3 aromatic rings. The first-order valence-electron chi connectivity index (χ1n) is 9.72. The lowest BCUT2D eigenvalue weighted by Crippen LogP contribution is -2.43. The molecule has 0 spiro atoms. The largest absolute Gasteiger partial charge is 0.342 e. The molecule has 1 aromatic heterocycles. The molecular formula is C22H24ClN3OS. The van der Waals surface area contributed by atoms with Gasteiger partial charge in [-0.15, -0.1) is 11.3 Å². The number of benzene rings is 2. The summed E-state index contributed by atoms with van der Waals surface area (Å²) in [5, 5.41) is 5.25. The van der Waals surface area contributed by atoms with Crippen molar-refractivity contribution < 1.29 is 4.79 Å². The number of nitrogens with zero attached hydrogens (tertiary/aromatic N) is 2. The molecule has 1 atom stereocenters. The van der Waals surface area contributed by atoms with Crippen molar-refractivity contribution in [1.29, 1.82) is 0 Å². The minimum Gasteiger partial charge on any atom is -0.342 e. The van der Waals surface area contributed by atoms with E-state index in [0.29, 0.717) is 12.5 Å². The normalized spacial score (nSPS) is 16.4. The van der Waals surface area contributed by atoms with Crippen LogP contribution in [0.3, 0.4) is 0 Å². The Hall–Kier alpha value is -1.95. The molecule has 0 radical (unpaired) electrons. The highest BCUT2D eigenvalue weighted by Gasteiger charge is 2.26. The van der Waals surface area contributed by atoms with E-state index in [9.17, 15) is 4.79 Å². The van der Waals surface area contributed by atoms with Gasteiger partial charge >= 0.3 is 0 Å². The number of halogens is 1. The second-order valence-corrected chi connectivity index (χ2v) is 8.83. The lowest BCUT2D eigenvalue weighted by Gasteiger charge is -2.31. The van der Waals surface area contributed by atoms with Crippen LogP contribution in [0.15, 0.2) is 48.5 Å². The van der Waals surface area contributed by atoms with Gasteiger partial charge in [-0.05, 0) is 49.6 Å². The Morgan fingerprint density at radius 3 is 2.79 bits per heavy atom. The van der Waals surface area contributed by atoms with Crippen LogP contribution in [0.1, 0.15) is 42.3 Å². The van der Waals surface area contributed by atoms with Crippen LogP contribution in [0.4, 0.5) is 0 Å². The Labute approximate surface area is 174 Å². The van der Waals surface area contributed by atoms with Crippen molar-refractivity contribution in [3.05, 3.63) is 64.1 Å². The second-order valence-electron chi connectivity index (χ2n) is 7.33. The maximum absolute atomic E-state index is 12.6. The summed E-state index contributed by atoms with van der Waals surface area (Å²) in [7, 11) is 0. The van der Waals surface area contributed by atoms with Gasteiger partial charge in [-0.3, -0.25) is 4.79 Å². The highest BCUT2D eigenvalue weighted by molar-refractivity contribution is 7.18. The van der Waals surface area contributed by atoms with Crippen molar-refractivity contribution >= 4 is 39.1 Å². The van der Waals surface area contributed by atoms with Gasteiger partial charge in [0.25, 0.3) is 0 Å². The molecular weight excluding hydrogens is 390 g/mol. The summed E-state index contributed by atoms with van der Waals surface area (Å²) in [5.41, 5.74) is 2.18. The molecule has 0 unspecified atom stereocenters. The SMILES string of the molecule is C[C@H](NCC(=O)N1CCC(c2nc3ccccc3s2)CC1)c1cccc(Cl)c1. The number of fused-ring (bicyclic) bond motifs is 1. The Balaban J connectivity index is 1.29. The molecule has 1 amide bonds. The first-order valence-corrected chi connectivity index (χ1v) is 10.9. The molecule has 1 saturated heterocycles. The summed E-state index contributed by atoms with van der Waals surface area (Å²) in [6.45, 7) is 4.00. The lowest BCUT2D eigenvalue weighted by molar-refractivity contribution is -0.131. The van der Waals surface area contributed by atoms with Crippen molar-refractivity contribution in [2.24, 2.45) is 0 Å². The van der Waals surface area contributed by atoms with Crippen LogP contribution in [0, 0.1) is 0 Å². The number of piperidine rings is 1.